The van der Waals surface area contributed by atoms with Crippen LogP contribution < -0.4 is 5.32 Å². The second-order valence-electron chi connectivity index (χ2n) is 4.86. The Morgan fingerprint density at radius 2 is 2.16 bits per heavy atom. The fourth-order valence-electron chi connectivity index (χ4n) is 2.52. The predicted molar refractivity (Wildman–Crippen MR) is 74.8 cm³/mol. The van der Waals surface area contributed by atoms with Gasteiger partial charge < -0.3 is 10.4 Å². The molecule has 102 valence electrons. The maximum Gasteiger partial charge on any atom is 0.308 e. The van der Waals surface area contributed by atoms with Gasteiger partial charge in [0.05, 0.1) is 12.3 Å². The average Bonchev–Trinajstić information content (AvgIpc) is 2.76. The molecule has 5 heteroatoms. The van der Waals surface area contributed by atoms with Crippen molar-refractivity contribution in [3.05, 3.63) is 34.3 Å². The van der Waals surface area contributed by atoms with Crippen molar-refractivity contribution in [2.24, 2.45) is 5.92 Å². The van der Waals surface area contributed by atoms with Crippen molar-refractivity contribution in [2.45, 2.75) is 31.7 Å². The zero-order chi connectivity index (χ0) is 13.8. The highest BCUT2D eigenvalue weighted by Gasteiger charge is 2.33. The number of nitrogens with one attached hydrogen (secondary N) is 1. The summed E-state index contributed by atoms with van der Waals surface area (Å²) >= 11 is 3.36. The molecule has 1 fully saturated rings. The monoisotopic (exact) mass is 325 g/mol. The molecule has 0 saturated heterocycles. The van der Waals surface area contributed by atoms with Gasteiger partial charge in [0.2, 0.25) is 5.91 Å². The molecule has 1 saturated carbocycles. The number of carboxylic acids is 1. The van der Waals surface area contributed by atoms with Crippen molar-refractivity contribution >= 4 is 27.8 Å². The third-order valence-electron chi connectivity index (χ3n) is 3.43. The molecule has 1 aliphatic carbocycles. The van der Waals surface area contributed by atoms with Gasteiger partial charge in [-0.3, -0.25) is 9.59 Å². The molecular weight excluding hydrogens is 310 g/mol. The summed E-state index contributed by atoms with van der Waals surface area (Å²) in [5.74, 6) is -1.37. The van der Waals surface area contributed by atoms with Crippen LogP contribution in [0.15, 0.2) is 28.7 Å². The van der Waals surface area contributed by atoms with E-state index in [0.717, 1.165) is 22.9 Å². The van der Waals surface area contributed by atoms with Gasteiger partial charge in [-0.15, -0.1) is 0 Å². The minimum Gasteiger partial charge on any atom is -0.481 e. The van der Waals surface area contributed by atoms with Crippen LogP contribution in [0.3, 0.4) is 0 Å². The van der Waals surface area contributed by atoms with E-state index in [1.165, 1.54) is 0 Å². The Kier molecular flexibility index (Phi) is 4.58. The third kappa shape index (κ3) is 3.80. The van der Waals surface area contributed by atoms with Gasteiger partial charge in [0, 0.05) is 10.5 Å². The molecule has 2 rings (SSSR count). The molecule has 1 aliphatic rings. The van der Waals surface area contributed by atoms with E-state index in [0.29, 0.717) is 6.42 Å². The topological polar surface area (TPSA) is 66.4 Å². The highest BCUT2D eigenvalue weighted by atomic mass is 79.9. The van der Waals surface area contributed by atoms with E-state index in [4.69, 9.17) is 5.11 Å². The van der Waals surface area contributed by atoms with Gasteiger partial charge in [-0.25, -0.2) is 0 Å². The smallest absolute Gasteiger partial charge is 0.308 e. The molecule has 0 aliphatic heterocycles. The lowest BCUT2D eigenvalue weighted by Crippen LogP contribution is -2.40. The molecule has 0 bridgehead atoms. The molecule has 0 aromatic heterocycles. The molecule has 0 heterocycles. The highest BCUT2D eigenvalue weighted by Crippen LogP contribution is 2.25. The first-order valence-corrected chi connectivity index (χ1v) is 7.12. The lowest BCUT2D eigenvalue weighted by Gasteiger charge is -2.17. The van der Waals surface area contributed by atoms with E-state index in [1.807, 2.05) is 24.3 Å². The van der Waals surface area contributed by atoms with Gasteiger partial charge in [0.1, 0.15) is 0 Å². The summed E-state index contributed by atoms with van der Waals surface area (Å²) in [7, 11) is 0. The maximum atomic E-state index is 11.9. The van der Waals surface area contributed by atoms with Gasteiger partial charge >= 0.3 is 5.97 Å². The molecular formula is C14H16BrNO3. The van der Waals surface area contributed by atoms with E-state index in [-0.39, 0.29) is 18.4 Å². The first-order chi connectivity index (χ1) is 9.06. The number of halogens is 1. The zero-order valence-electron chi connectivity index (χ0n) is 10.4. The lowest BCUT2D eigenvalue weighted by molar-refractivity contribution is -0.142. The van der Waals surface area contributed by atoms with E-state index in [1.54, 1.807) is 0 Å². The Morgan fingerprint density at radius 1 is 1.37 bits per heavy atom. The first kappa shape index (κ1) is 14.1. The van der Waals surface area contributed by atoms with Crippen molar-refractivity contribution in [3.63, 3.8) is 0 Å². The molecule has 4 nitrogen and oxygen atoms in total. The van der Waals surface area contributed by atoms with Crippen molar-refractivity contribution in [1.82, 2.24) is 5.32 Å². The van der Waals surface area contributed by atoms with Crippen LogP contribution in [-0.2, 0) is 16.0 Å². The van der Waals surface area contributed by atoms with Crippen LogP contribution in [0.2, 0.25) is 0 Å². The summed E-state index contributed by atoms with van der Waals surface area (Å²) in [5.41, 5.74) is 0.914. The molecule has 2 unspecified atom stereocenters. The van der Waals surface area contributed by atoms with Gasteiger partial charge in [-0.2, -0.15) is 0 Å². The number of carboxylic acid groups (broad SMARTS) is 1. The molecule has 1 amide bonds. The van der Waals surface area contributed by atoms with Crippen LogP contribution in [-0.4, -0.2) is 23.0 Å². The third-order valence-corrected chi connectivity index (χ3v) is 3.93. The van der Waals surface area contributed by atoms with Gasteiger partial charge in [0.15, 0.2) is 0 Å². The quantitative estimate of drug-likeness (QED) is 0.893. The second kappa shape index (κ2) is 6.19. The first-order valence-electron chi connectivity index (χ1n) is 6.33. The second-order valence-corrected chi connectivity index (χ2v) is 5.77. The SMILES string of the molecule is O=C(Cc1cccc(Br)c1)NC1CCCC1C(=O)O. The van der Waals surface area contributed by atoms with Crippen molar-refractivity contribution < 1.29 is 14.7 Å². The van der Waals surface area contributed by atoms with Gasteiger partial charge in [-0.1, -0.05) is 34.5 Å². The Morgan fingerprint density at radius 3 is 2.84 bits per heavy atom. The number of carbonyl (C=O) groups is 2. The Hall–Kier alpha value is -1.36. The predicted octanol–water partition coefficient (Wildman–Crippen LogP) is 2.36. The molecule has 19 heavy (non-hydrogen) atoms. The summed E-state index contributed by atoms with van der Waals surface area (Å²) in [4.78, 5) is 23.0. The van der Waals surface area contributed by atoms with Crippen LogP contribution in [0.4, 0.5) is 0 Å². The van der Waals surface area contributed by atoms with E-state index in [9.17, 15) is 9.59 Å². The van der Waals surface area contributed by atoms with Crippen LogP contribution >= 0.6 is 15.9 Å². The van der Waals surface area contributed by atoms with E-state index < -0.39 is 11.9 Å². The fraction of sp³-hybridized carbons (Fsp3) is 0.429. The maximum absolute atomic E-state index is 11.9. The van der Waals surface area contributed by atoms with Gasteiger partial charge in [0.25, 0.3) is 0 Å². The number of aliphatic carboxylic acids is 1. The Labute approximate surface area is 120 Å². The summed E-state index contributed by atoms with van der Waals surface area (Å²) in [6, 6.07) is 7.33. The number of benzene rings is 1. The van der Waals surface area contributed by atoms with Crippen LogP contribution in [0, 0.1) is 5.92 Å². The van der Waals surface area contributed by atoms with E-state index >= 15 is 0 Å². The van der Waals surface area contributed by atoms with Gasteiger partial charge in [-0.05, 0) is 30.5 Å². The zero-order valence-corrected chi connectivity index (χ0v) is 12.0. The Balaban J connectivity index is 1.92. The number of carbonyl (C=O) groups excluding carboxylic acids is 1. The molecule has 2 atom stereocenters. The summed E-state index contributed by atoms with van der Waals surface area (Å²) < 4.78 is 0.932. The largest absolute Gasteiger partial charge is 0.481 e. The average molecular weight is 326 g/mol. The Bertz CT molecular complexity index is 489. The minimum atomic E-state index is -0.815. The lowest BCUT2D eigenvalue weighted by atomic mass is 10.0. The van der Waals surface area contributed by atoms with Crippen LogP contribution in [0.5, 0.6) is 0 Å². The molecule has 1 aromatic carbocycles. The highest BCUT2D eigenvalue weighted by molar-refractivity contribution is 9.10. The number of hydrogen-bond donors (Lipinski definition) is 2. The van der Waals surface area contributed by atoms with Crippen LogP contribution in [0.25, 0.3) is 0 Å². The van der Waals surface area contributed by atoms with Crippen molar-refractivity contribution in [1.29, 1.82) is 0 Å². The van der Waals surface area contributed by atoms with Crippen molar-refractivity contribution in [2.75, 3.05) is 0 Å². The minimum absolute atomic E-state index is 0.115. The number of hydrogen-bond acceptors (Lipinski definition) is 2. The number of rotatable bonds is 4. The molecule has 0 radical (unpaired) electrons. The molecule has 0 spiro atoms. The van der Waals surface area contributed by atoms with E-state index in [2.05, 4.69) is 21.2 Å². The molecule has 1 aromatic rings. The normalized spacial score (nSPS) is 22.2. The number of amides is 1. The fourth-order valence-corrected chi connectivity index (χ4v) is 2.97. The molecule has 2 N–H and O–H groups in total. The van der Waals surface area contributed by atoms with Crippen LogP contribution in [0.1, 0.15) is 24.8 Å². The van der Waals surface area contributed by atoms with Crippen molar-refractivity contribution in [3.8, 4) is 0 Å². The summed E-state index contributed by atoms with van der Waals surface area (Å²) in [5, 5.41) is 11.9. The standard InChI is InChI=1S/C14H16BrNO3/c15-10-4-1-3-9(7-10)8-13(17)16-12-6-2-5-11(12)14(18)19/h1,3-4,7,11-12H,2,5-6,8H2,(H,16,17)(H,18,19). The summed E-state index contributed by atoms with van der Waals surface area (Å²) in [6.45, 7) is 0. The summed E-state index contributed by atoms with van der Waals surface area (Å²) in [6.07, 6.45) is 2.54.